The maximum absolute atomic E-state index is 5.69. The van der Waals surface area contributed by atoms with Crippen molar-refractivity contribution in [1.29, 1.82) is 0 Å². The number of nitrogens with one attached hydrogen (secondary N) is 1. The van der Waals surface area contributed by atoms with Crippen molar-refractivity contribution in [3.05, 3.63) is 24.0 Å². The van der Waals surface area contributed by atoms with E-state index in [1.807, 2.05) is 13.0 Å². The van der Waals surface area contributed by atoms with Crippen molar-refractivity contribution in [2.75, 3.05) is 18.5 Å². The molecule has 0 amide bonds. The van der Waals surface area contributed by atoms with Gasteiger partial charge in [-0.05, 0) is 26.7 Å². The zero-order valence-electron chi connectivity index (χ0n) is 11.6. The van der Waals surface area contributed by atoms with E-state index in [1.165, 1.54) is 0 Å². The molecule has 100 valence electrons. The van der Waals surface area contributed by atoms with Crippen LogP contribution in [0.3, 0.4) is 0 Å². The van der Waals surface area contributed by atoms with Crippen LogP contribution in [-0.4, -0.2) is 23.1 Å². The highest BCUT2D eigenvalue weighted by atomic mass is 16.5. The first-order valence-corrected chi connectivity index (χ1v) is 6.58. The molecule has 0 radical (unpaired) electrons. The number of hydrogen-bond acceptors (Lipinski definition) is 4. The average Bonchev–Trinajstić information content (AvgIpc) is 2.35. The predicted octanol–water partition coefficient (Wildman–Crippen LogP) is 3.12. The summed E-state index contributed by atoms with van der Waals surface area (Å²) in [6.07, 6.45) is 4.56. The van der Waals surface area contributed by atoms with E-state index in [2.05, 4.69) is 35.7 Å². The molecule has 1 heterocycles. The van der Waals surface area contributed by atoms with Crippen LogP contribution in [0.4, 0.5) is 5.82 Å². The third-order valence-corrected chi connectivity index (χ3v) is 2.53. The molecule has 0 fully saturated rings. The highest BCUT2D eigenvalue weighted by Gasteiger charge is 2.11. The Kier molecular flexibility index (Phi) is 6.19. The van der Waals surface area contributed by atoms with Gasteiger partial charge in [0.25, 0.3) is 0 Å². The fraction of sp³-hybridized carbons (Fsp3) is 0.571. The van der Waals surface area contributed by atoms with Crippen LogP contribution in [0.25, 0.3) is 0 Å². The normalized spacial score (nSPS) is 10.2. The third-order valence-electron chi connectivity index (χ3n) is 2.53. The number of ether oxygens (including phenoxy) is 1. The van der Waals surface area contributed by atoms with Gasteiger partial charge in [0.1, 0.15) is 11.6 Å². The average molecular weight is 249 g/mol. The monoisotopic (exact) mass is 249 g/mol. The summed E-state index contributed by atoms with van der Waals surface area (Å²) in [7, 11) is 0. The topological polar surface area (TPSA) is 47.0 Å². The molecule has 0 atom stereocenters. The largest absolute Gasteiger partial charge is 0.477 e. The molecule has 1 N–H and O–H groups in total. The van der Waals surface area contributed by atoms with Crippen LogP contribution >= 0.6 is 0 Å². The maximum Gasteiger partial charge on any atom is 0.221 e. The molecule has 0 aliphatic rings. The van der Waals surface area contributed by atoms with E-state index < -0.39 is 0 Å². The molecule has 18 heavy (non-hydrogen) atoms. The van der Waals surface area contributed by atoms with Crippen LogP contribution in [0.15, 0.2) is 12.7 Å². The lowest BCUT2D eigenvalue weighted by molar-refractivity contribution is 0.308. The lowest BCUT2D eigenvalue weighted by Crippen LogP contribution is -2.09. The summed E-state index contributed by atoms with van der Waals surface area (Å²) < 4.78 is 5.69. The molecular weight excluding hydrogens is 226 g/mol. The van der Waals surface area contributed by atoms with E-state index in [9.17, 15) is 0 Å². The number of nitrogens with zero attached hydrogens (tertiary/aromatic N) is 2. The van der Waals surface area contributed by atoms with Gasteiger partial charge in [0.2, 0.25) is 5.88 Å². The Morgan fingerprint density at radius 3 is 2.72 bits per heavy atom. The predicted molar refractivity (Wildman–Crippen MR) is 75.2 cm³/mol. The van der Waals surface area contributed by atoms with Crippen molar-refractivity contribution in [2.24, 2.45) is 0 Å². The van der Waals surface area contributed by atoms with E-state index in [0.717, 1.165) is 43.0 Å². The van der Waals surface area contributed by atoms with Crippen molar-refractivity contribution in [3.63, 3.8) is 0 Å². The summed E-state index contributed by atoms with van der Waals surface area (Å²) in [4.78, 5) is 8.99. The van der Waals surface area contributed by atoms with Crippen LogP contribution in [0, 0.1) is 6.92 Å². The number of aryl methyl sites for hydroxylation is 1. The quantitative estimate of drug-likeness (QED) is 0.568. The molecule has 0 bridgehead atoms. The van der Waals surface area contributed by atoms with E-state index in [1.54, 1.807) is 0 Å². The van der Waals surface area contributed by atoms with E-state index in [4.69, 9.17) is 4.74 Å². The van der Waals surface area contributed by atoms with E-state index in [0.29, 0.717) is 12.5 Å². The summed E-state index contributed by atoms with van der Waals surface area (Å²) in [6, 6.07) is 0. The zero-order valence-corrected chi connectivity index (χ0v) is 11.6. The molecule has 0 saturated carbocycles. The van der Waals surface area contributed by atoms with Gasteiger partial charge < -0.3 is 10.1 Å². The first kappa shape index (κ1) is 14.5. The first-order valence-electron chi connectivity index (χ1n) is 6.58. The zero-order chi connectivity index (χ0) is 13.4. The minimum absolute atomic E-state index is 0.610. The van der Waals surface area contributed by atoms with E-state index in [-0.39, 0.29) is 0 Å². The maximum atomic E-state index is 5.69. The van der Waals surface area contributed by atoms with Crippen LogP contribution in [0.1, 0.15) is 38.1 Å². The van der Waals surface area contributed by atoms with E-state index >= 15 is 0 Å². The molecular formula is C14H23N3O. The van der Waals surface area contributed by atoms with Gasteiger partial charge in [-0.3, -0.25) is 0 Å². The van der Waals surface area contributed by atoms with Crippen molar-refractivity contribution in [1.82, 2.24) is 9.97 Å². The second kappa shape index (κ2) is 7.69. The summed E-state index contributed by atoms with van der Waals surface area (Å²) in [5.41, 5.74) is 0.973. The van der Waals surface area contributed by atoms with Crippen molar-refractivity contribution >= 4 is 5.82 Å². The Morgan fingerprint density at radius 1 is 1.33 bits per heavy atom. The Morgan fingerprint density at radius 2 is 2.11 bits per heavy atom. The molecule has 0 aromatic carbocycles. The summed E-state index contributed by atoms with van der Waals surface area (Å²) >= 11 is 0. The third kappa shape index (κ3) is 4.02. The molecule has 1 rings (SSSR count). The van der Waals surface area contributed by atoms with Gasteiger partial charge >= 0.3 is 0 Å². The van der Waals surface area contributed by atoms with Crippen molar-refractivity contribution < 1.29 is 4.74 Å². The number of rotatable bonds is 8. The highest BCUT2D eigenvalue weighted by Crippen LogP contribution is 2.22. The lowest BCUT2D eigenvalue weighted by Gasteiger charge is -2.13. The van der Waals surface area contributed by atoms with Gasteiger partial charge in [0.05, 0.1) is 12.2 Å². The van der Waals surface area contributed by atoms with Gasteiger partial charge in [0, 0.05) is 13.0 Å². The summed E-state index contributed by atoms with van der Waals surface area (Å²) in [5.74, 6) is 2.41. The SMILES string of the molecule is C=CCCOc1nc(CCC)nc(NCC)c1C. The lowest BCUT2D eigenvalue weighted by atomic mass is 10.2. The number of aromatic nitrogens is 2. The van der Waals surface area contributed by atoms with Gasteiger partial charge in [-0.15, -0.1) is 6.58 Å². The van der Waals surface area contributed by atoms with Crippen molar-refractivity contribution in [3.8, 4) is 5.88 Å². The second-order valence-electron chi connectivity index (χ2n) is 4.12. The fourth-order valence-corrected chi connectivity index (χ4v) is 1.59. The van der Waals surface area contributed by atoms with Gasteiger partial charge in [-0.2, -0.15) is 4.98 Å². The van der Waals surface area contributed by atoms with Crippen LogP contribution in [0.2, 0.25) is 0 Å². The number of anilines is 1. The molecule has 0 spiro atoms. The summed E-state index contributed by atoms with van der Waals surface area (Å²) in [6.45, 7) is 11.3. The van der Waals surface area contributed by atoms with Gasteiger partial charge in [-0.25, -0.2) is 4.98 Å². The smallest absolute Gasteiger partial charge is 0.221 e. The molecule has 0 aliphatic carbocycles. The van der Waals surface area contributed by atoms with Crippen LogP contribution in [0.5, 0.6) is 5.88 Å². The molecule has 1 aromatic rings. The van der Waals surface area contributed by atoms with Gasteiger partial charge in [-0.1, -0.05) is 13.0 Å². The fourth-order valence-electron chi connectivity index (χ4n) is 1.59. The standard InChI is InChI=1S/C14H23N3O/c1-5-8-10-18-14-11(4)13(15-7-3)16-12(17-14)9-6-2/h5H,1,6-10H2,2-4H3,(H,15,16,17). The molecule has 0 unspecified atom stereocenters. The second-order valence-corrected chi connectivity index (χ2v) is 4.12. The Bertz CT molecular complexity index is 391. The van der Waals surface area contributed by atoms with Gasteiger partial charge in [0.15, 0.2) is 0 Å². The van der Waals surface area contributed by atoms with Crippen LogP contribution < -0.4 is 10.1 Å². The Balaban J connectivity index is 2.93. The first-order chi connectivity index (χ1) is 8.72. The Labute approximate surface area is 109 Å². The van der Waals surface area contributed by atoms with Crippen LogP contribution in [-0.2, 0) is 6.42 Å². The summed E-state index contributed by atoms with van der Waals surface area (Å²) in [5, 5.41) is 3.25. The molecule has 4 heteroatoms. The molecule has 0 aliphatic heterocycles. The molecule has 4 nitrogen and oxygen atoms in total. The minimum atomic E-state index is 0.610. The molecule has 1 aromatic heterocycles. The van der Waals surface area contributed by atoms with Crippen molar-refractivity contribution in [2.45, 2.75) is 40.0 Å². The Hall–Kier alpha value is -1.58. The number of hydrogen-bond donors (Lipinski definition) is 1. The molecule has 0 saturated heterocycles. The highest BCUT2D eigenvalue weighted by molar-refractivity contribution is 5.48. The minimum Gasteiger partial charge on any atom is -0.477 e.